The summed E-state index contributed by atoms with van der Waals surface area (Å²) in [5.74, 6) is 0.273. The van der Waals surface area contributed by atoms with Crippen LogP contribution in [0, 0.1) is 6.92 Å². The molecule has 0 aromatic heterocycles. The van der Waals surface area contributed by atoms with Crippen molar-refractivity contribution < 1.29 is 4.79 Å². The molecule has 2 aromatic carbocycles. The van der Waals surface area contributed by atoms with Crippen molar-refractivity contribution in [3.05, 3.63) is 59.7 Å². The number of anilines is 2. The third-order valence-electron chi connectivity index (χ3n) is 5.18. The van der Waals surface area contributed by atoms with E-state index in [2.05, 4.69) is 60.3 Å². The van der Waals surface area contributed by atoms with E-state index in [4.69, 9.17) is 0 Å². The maximum atomic E-state index is 12.4. The molecule has 3 rings (SSSR count). The molecule has 0 saturated carbocycles. The van der Waals surface area contributed by atoms with Gasteiger partial charge in [-0.05, 0) is 49.2 Å². The number of nitrogens with one attached hydrogen (secondary N) is 1. The van der Waals surface area contributed by atoms with Crippen LogP contribution < -0.4 is 10.2 Å². The largest absolute Gasteiger partial charge is 0.369 e. The summed E-state index contributed by atoms with van der Waals surface area (Å²) in [7, 11) is 2.17. The maximum Gasteiger partial charge on any atom is 0.224 e. The molecular formula is C22H29N3O. The molecule has 1 amide bonds. The molecular weight excluding hydrogens is 322 g/mol. The number of likely N-dealkylation sites (N-methyl/N-ethyl adjacent to an activating group) is 1. The van der Waals surface area contributed by atoms with Crippen LogP contribution in [0.2, 0.25) is 0 Å². The van der Waals surface area contributed by atoms with E-state index in [0.717, 1.165) is 31.9 Å². The standard InChI is InChI=1S/C22H29N3O/c1-17(19-7-5-4-6-8-19)16-22(26)23-20-9-10-21(18(2)15-20)25-13-11-24(3)12-14-25/h4-10,15,17H,11-14,16H2,1-3H3,(H,23,26). The van der Waals surface area contributed by atoms with Gasteiger partial charge in [-0.2, -0.15) is 0 Å². The summed E-state index contributed by atoms with van der Waals surface area (Å²) in [6.07, 6.45) is 0.489. The minimum absolute atomic E-state index is 0.0631. The van der Waals surface area contributed by atoms with E-state index in [1.807, 2.05) is 24.3 Å². The number of aryl methyl sites for hydroxylation is 1. The quantitative estimate of drug-likeness (QED) is 0.888. The zero-order valence-corrected chi connectivity index (χ0v) is 16.0. The molecule has 0 radical (unpaired) electrons. The highest BCUT2D eigenvalue weighted by Crippen LogP contribution is 2.25. The topological polar surface area (TPSA) is 35.6 Å². The van der Waals surface area contributed by atoms with Crippen LogP contribution in [0.5, 0.6) is 0 Å². The Morgan fingerprint density at radius 2 is 1.77 bits per heavy atom. The first-order valence-corrected chi connectivity index (χ1v) is 9.42. The fourth-order valence-electron chi connectivity index (χ4n) is 3.52. The molecule has 4 heteroatoms. The minimum atomic E-state index is 0.0631. The molecule has 1 atom stereocenters. The summed E-state index contributed by atoms with van der Waals surface area (Å²) in [5, 5.41) is 3.05. The number of hydrogen-bond acceptors (Lipinski definition) is 3. The maximum absolute atomic E-state index is 12.4. The predicted molar refractivity (Wildman–Crippen MR) is 109 cm³/mol. The smallest absolute Gasteiger partial charge is 0.224 e. The second-order valence-electron chi connectivity index (χ2n) is 7.36. The number of benzene rings is 2. The average Bonchev–Trinajstić information content (AvgIpc) is 2.63. The van der Waals surface area contributed by atoms with Crippen molar-refractivity contribution in [2.75, 3.05) is 43.4 Å². The summed E-state index contributed by atoms with van der Waals surface area (Å²) >= 11 is 0. The number of rotatable bonds is 5. The SMILES string of the molecule is Cc1cc(NC(=O)CC(C)c2ccccc2)ccc1N1CCN(C)CC1. The van der Waals surface area contributed by atoms with Crippen molar-refractivity contribution in [1.82, 2.24) is 4.90 Å². The summed E-state index contributed by atoms with van der Waals surface area (Å²) in [5.41, 5.74) is 4.56. The predicted octanol–water partition coefficient (Wildman–Crippen LogP) is 3.88. The van der Waals surface area contributed by atoms with Gasteiger partial charge in [-0.25, -0.2) is 0 Å². The highest BCUT2D eigenvalue weighted by Gasteiger charge is 2.16. The van der Waals surface area contributed by atoms with Crippen LogP contribution in [0.3, 0.4) is 0 Å². The van der Waals surface area contributed by atoms with Crippen molar-refractivity contribution in [2.24, 2.45) is 0 Å². The second kappa shape index (κ2) is 8.37. The van der Waals surface area contributed by atoms with Gasteiger partial charge in [0.15, 0.2) is 0 Å². The fraction of sp³-hybridized carbons (Fsp3) is 0.409. The number of hydrogen-bond donors (Lipinski definition) is 1. The molecule has 0 spiro atoms. The van der Waals surface area contributed by atoms with E-state index in [9.17, 15) is 4.79 Å². The molecule has 138 valence electrons. The van der Waals surface area contributed by atoms with Gasteiger partial charge in [0.25, 0.3) is 0 Å². The number of carbonyl (C=O) groups excluding carboxylic acids is 1. The van der Waals surface area contributed by atoms with Crippen LogP contribution in [-0.4, -0.2) is 44.0 Å². The van der Waals surface area contributed by atoms with E-state index < -0.39 is 0 Å². The van der Waals surface area contributed by atoms with Crippen molar-refractivity contribution >= 4 is 17.3 Å². The van der Waals surface area contributed by atoms with Crippen molar-refractivity contribution in [1.29, 1.82) is 0 Å². The van der Waals surface area contributed by atoms with Gasteiger partial charge in [-0.1, -0.05) is 37.3 Å². The van der Waals surface area contributed by atoms with Gasteiger partial charge in [0, 0.05) is 44.0 Å². The van der Waals surface area contributed by atoms with Crippen LogP contribution in [-0.2, 0) is 4.79 Å². The average molecular weight is 351 g/mol. The molecule has 26 heavy (non-hydrogen) atoms. The number of carbonyl (C=O) groups is 1. The van der Waals surface area contributed by atoms with Crippen molar-refractivity contribution in [2.45, 2.75) is 26.2 Å². The summed E-state index contributed by atoms with van der Waals surface area (Å²) in [6.45, 7) is 8.51. The molecule has 4 nitrogen and oxygen atoms in total. The van der Waals surface area contributed by atoms with E-state index in [1.54, 1.807) is 0 Å². The highest BCUT2D eigenvalue weighted by molar-refractivity contribution is 5.91. The van der Waals surface area contributed by atoms with E-state index >= 15 is 0 Å². The number of nitrogens with zero attached hydrogens (tertiary/aromatic N) is 2. The minimum Gasteiger partial charge on any atom is -0.369 e. The van der Waals surface area contributed by atoms with Crippen LogP contribution in [0.1, 0.15) is 30.4 Å². The molecule has 1 fully saturated rings. The lowest BCUT2D eigenvalue weighted by Crippen LogP contribution is -2.44. The number of piperazine rings is 1. The van der Waals surface area contributed by atoms with Gasteiger partial charge >= 0.3 is 0 Å². The zero-order chi connectivity index (χ0) is 18.5. The van der Waals surface area contributed by atoms with Gasteiger partial charge in [-0.15, -0.1) is 0 Å². The lowest BCUT2D eigenvalue weighted by atomic mass is 9.97. The van der Waals surface area contributed by atoms with Gasteiger partial charge in [0.1, 0.15) is 0 Å². The van der Waals surface area contributed by atoms with Crippen LogP contribution in [0.25, 0.3) is 0 Å². The van der Waals surface area contributed by atoms with Gasteiger partial charge < -0.3 is 15.1 Å². The molecule has 1 unspecified atom stereocenters. The molecule has 2 aromatic rings. The molecule has 1 heterocycles. The third-order valence-corrected chi connectivity index (χ3v) is 5.18. The van der Waals surface area contributed by atoms with E-state index in [-0.39, 0.29) is 11.8 Å². The first-order chi connectivity index (χ1) is 12.5. The second-order valence-corrected chi connectivity index (χ2v) is 7.36. The summed E-state index contributed by atoms with van der Waals surface area (Å²) in [4.78, 5) is 17.2. The van der Waals surface area contributed by atoms with Gasteiger partial charge in [0.05, 0.1) is 0 Å². The molecule has 0 bridgehead atoms. The molecule has 1 saturated heterocycles. The van der Waals surface area contributed by atoms with Gasteiger partial charge in [-0.3, -0.25) is 4.79 Å². The lowest BCUT2D eigenvalue weighted by Gasteiger charge is -2.35. The van der Waals surface area contributed by atoms with Crippen LogP contribution in [0.15, 0.2) is 48.5 Å². The lowest BCUT2D eigenvalue weighted by molar-refractivity contribution is -0.116. The molecule has 0 aliphatic carbocycles. The first kappa shape index (κ1) is 18.5. The Morgan fingerprint density at radius 1 is 1.08 bits per heavy atom. The normalized spacial score (nSPS) is 16.3. The zero-order valence-electron chi connectivity index (χ0n) is 16.0. The van der Waals surface area contributed by atoms with Crippen LogP contribution >= 0.6 is 0 Å². The Bertz CT molecular complexity index is 736. The van der Waals surface area contributed by atoms with Crippen LogP contribution in [0.4, 0.5) is 11.4 Å². The third kappa shape index (κ3) is 4.64. The fourth-order valence-corrected chi connectivity index (χ4v) is 3.52. The first-order valence-electron chi connectivity index (χ1n) is 9.42. The molecule has 1 aliphatic rings. The Balaban J connectivity index is 1.59. The highest BCUT2D eigenvalue weighted by atomic mass is 16.1. The Kier molecular flexibility index (Phi) is 5.94. The Morgan fingerprint density at radius 3 is 2.42 bits per heavy atom. The van der Waals surface area contributed by atoms with Gasteiger partial charge in [0.2, 0.25) is 5.91 Å². The summed E-state index contributed by atoms with van der Waals surface area (Å²) < 4.78 is 0. The molecule has 1 aliphatic heterocycles. The monoisotopic (exact) mass is 351 g/mol. The van der Waals surface area contributed by atoms with E-state index in [1.165, 1.54) is 16.8 Å². The summed E-state index contributed by atoms with van der Waals surface area (Å²) in [6, 6.07) is 16.4. The van der Waals surface area contributed by atoms with E-state index in [0.29, 0.717) is 6.42 Å². The number of amides is 1. The Labute approximate surface area is 156 Å². The molecule has 1 N–H and O–H groups in total. The Hall–Kier alpha value is -2.33. The van der Waals surface area contributed by atoms with Crippen molar-refractivity contribution in [3.63, 3.8) is 0 Å². The van der Waals surface area contributed by atoms with Crippen molar-refractivity contribution in [3.8, 4) is 0 Å².